The Hall–Kier alpha value is -2.39. The number of hydrogen-bond acceptors (Lipinski definition) is 6. The Labute approximate surface area is 198 Å². The molecule has 1 aromatic heterocycles. The molecule has 3 heterocycles. The largest absolute Gasteiger partial charge is 0.481 e. The lowest BCUT2D eigenvalue weighted by atomic mass is 9.68. The van der Waals surface area contributed by atoms with E-state index in [0.717, 1.165) is 21.9 Å². The van der Waals surface area contributed by atoms with Crippen LogP contribution in [-0.2, 0) is 14.4 Å². The van der Waals surface area contributed by atoms with E-state index in [0.29, 0.717) is 0 Å². The molecule has 0 radical (unpaired) electrons. The number of nitrogens with one attached hydrogen (secondary N) is 1. The zero-order valence-corrected chi connectivity index (χ0v) is 19.7. The first-order valence-electron chi connectivity index (χ1n) is 11.4. The average molecular weight is 485 g/mol. The highest BCUT2D eigenvalue weighted by Gasteiger charge is 2.69. The van der Waals surface area contributed by atoms with E-state index in [1.54, 1.807) is 11.8 Å². The highest BCUT2D eigenvalue weighted by Crippen LogP contribution is 2.68. The van der Waals surface area contributed by atoms with Gasteiger partial charge in [0.15, 0.2) is 0 Å². The molecule has 3 fully saturated rings. The van der Waals surface area contributed by atoms with Gasteiger partial charge in [-0.2, -0.15) is 0 Å². The predicted octanol–water partition coefficient (Wildman–Crippen LogP) is 3.08. The zero-order valence-electron chi connectivity index (χ0n) is 18.0. The number of imide groups is 1. The van der Waals surface area contributed by atoms with Gasteiger partial charge >= 0.3 is 10.8 Å². The number of aromatic nitrogens is 1. The van der Waals surface area contributed by atoms with Gasteiger partial charge in [0, 0.05) is 29.0 Å². The SMILES string of the molecule is Cc1ccc([C@@H]2c3sc(=O)[nH]c3S[C@@H]3[C@H]4C[C@@H]([C@@H]5C(=O)N(CCCC(=O)O)C(=O)[C@H]45)[C@H]23)cc1. The second-order valence-corrected chi connectivity index (χ2v) is 11.9. The number of carboxylic acids is 1. The van der Waals surface area contributed by atoms with Gasteiger partial charge in [0.25, 0.3) is 0 Å². The Kier molecular flexibility index (Phi) is 4.85. The van der Waals surface area contributed by atoms with Gasteiger partial charge in [0.1, 0.15) is 0 Å². The Morgan fingerprint density at radius 3 is 2.52 bits per heavy atom. The van der Waals surface area contributed by atoms with Crippen LogP contribution in [0.1, 0.15) is 41.2 Å². The third-order valence-electron chi connectivity index (χ3n) is 8.02. The summed E-state index contributed by atoms with van der Waals surface area (Å²) in [6, 6.07) is 8.44. The molecule has 0 spiro atoms. The van der Waals surface area contributed by atoms with E-state index < -0.39 is 5.97 Å². The molecule has 6 rings (SSSR count). The van der Waals surface area contributed by atoms with Crippen molar-refractivity contribution in [3.05, 3.63) is 49.9 Å². The van der Waals surface area contributed by atoms with Gasteiger partial charge in [-0.15, -0.1) is 11.8 Å². The van der Waals surface area contributed by atoms with Crippen LogP contribution in [0.5, 0.6) is 0 Å². The monoisotopic (exact) mass is 484 g/mol. The molecule has 2 aromatic rings. The minimum atomic E-state index is -0.919. The number of benzene rings is 1. The average Bonchev–Trinajstić information content (AvgIpc) is 3.49. The van der Waals surface area contributed by atoms with E-state index in [9.17, 15) is 19.2 Å². The van der Waals surface area contributed by atoms with E-state index in [-0.39, 0.29) is 76.8 Å². The molecule has 2 amide bonds. The van der Waals surface area contributed by atoms with Gasteiger partial charge in [-0.3, -0.25) is 24.1 Å². The van der Waals surface area contributed by atoms with E-state index in [1.807, 2.05) is 6.92 Å². The van der Waals surface area contributed by atoms with Crippen molar-refractivity contribution in [2.75, 3.05) is 6.54 Å². The number of rotatable bonds is 5. The van der Waals surface area contributed by atoms with Crippen LogP contribution in [0.15, 0.2) is 34.1 Å². The van der Waals surface area contributed by atoms with Gasteiger partial charge in [0.05, 0.1) is 16.9 Å². The van der Waals surface area contributed by atoms with Gasteiger partial charge in [-0.25, -0.2) is 0 Å². The minimum absolute atomic E-state index is 0.0377. The minimum Gasteiger partial charge on any atom is -0.481 e. The molecule has 172 valence electrons. The summed E-state index contributed by atoms with van der Waals surface area (Å²) >= 11 is 2.95. The Morgan fingerprint density at radius 1 is 1.12 bits per heavy atom. The van der Waals surface area contributed by atoms with Crippen molar-refractivity contribution in [3.8, 4) is 0 Å². The smallest absolute Gasteiger partial charge is 0.305 e. The quantitative estimate of drug-likeness (QED) is 0.632. The third kappa shape index (κ3) is 3.08. The fourth-order valence-corrected chi connectivity index (χ4v) is 9.72. The van der Waals surface area contributed by atoms with Gasteiger partial charge in [0.2, 0.25) is 11.8 Å². The van der Waals surface area contributed by atoms with E-state index in [2.05, 4.69) is 29.2 Å². The summed E-state index contributed by atoms with van der Waals surface area (Å²) in [5, 5.41) is 10.0. The van der Waals surface area contributed by atoms with Crippen LogP contribution in [0.25, 0.3) is 0 Å². The van der Waals surface area contributed by atoms with Crippen LogP contribution in [0.3, 0.4) is 0 Å². The number of thioether (sulfide) groups is 1. The second-order valence-electron chi connectivity index (χ2n) is 9.70. The maximum absolute atomic E-state index is 13.4. The topological polar surface area (TPSA) is 108 Å². The van der Waals surface area contributed by atoms with Crippen LogP contribution >= 0.6 is 23.1 Å². The van der Waals surface area contributed by atoms with Gasteiger partial charge in [-0.05, 0) is 43.1 Å². The van der Waals surface area contributed by atoms with Crippen LogP contribution in [0.2, 0.25) is 0 Å². The second kappa shape index (κ2) is 7.56. The Bertz CT molecular complexity index is 1220. The molecule has 7 nitrogen and oxygen atoms in total. The number of thiazole rings is 1. The van der Waals surface area contributed by atoms with E-state index in [4.69, 9.17) is 5.11 Å². The number of amides is 2. The van der Waals surface area contributed by atoms with Crippen molar-refractivity contribution in [3.63, 3.8) is 0 Å². The Balaban J connectivity index is 1.37. The highest BCUT2D eigenvalue weighted by molar-refractivity contribution is 8.00. The number of nitrogens with zero attached hydrogens (tertiary/aromatic N) is 1. The molecule has 33 heavy (non-hydrogen) atoms. The first-order chi connectivity index (χ1) is 15.8. The lowest BCUT2D eigenvalue weighted by Gasteiger charge is -2.43. The zero-order chi connectivity index (χ0) is 23.0. The van der Waals surface area contributed by atoms with Crippen molar-refractivity contribution in [1.29, 1.82) is 0 Å². The van der Waals surface area contributed by atoms with Crippen molar-refractivity contribution in [2.24, 2.45) is 29.6 Å². The van der Waals surface area contributed by atoms with Crippen LogP contribution < -0.4 is 4.87 Å². The maximum atomic E-state index is 13.4. The summed E-state index contributed by atoms with van der Waals surface area (Å²) in [4.78, 5) is 55.1. The molecule has 9 heteroatoms. The van der Waals surface area contributed by atoms with Gasteiger partial charge in [-0.1, -0.05) is 41.2 Å². The molecule has 7 atom stereocenters. The standard InChI is InChI=1S/C24H24N2O5S2/c1-10-4-6-11(7-5-10)15-16-12-9-13(19(16)32-21-20(15)33-24(31)25-21)18-17(12)22(29)26(23(18)30)8-2-3-14(27)28/h4-7,12-13,15-19H,2-3,8-9H2,1H3,(H,25,31)(H,27,28)/t12-,13+,15+,16-,17+,18-,19-/m1/s1. The number of aliphatic carboxylic acids is 1. The third-order valence-corrected chi connectivity index (χ3v) is 10.6. The number of carbonyl (C=O) groups excluding carboxylic acids is 2. The van der Waals surface area contributed by atoms with Gasteiger partial charge < -0.3 is 10.1 Å². The molecular formula is C24H24N2O5S2. The number of aryl methyl sites for hydroxylation is 1. The number of hydrogen-bond donors (Lipinski definition) is 2. The molecule has 2 aliphatic heterocycles. The van der Waals surface area contributed by atoms with E-state index in [1.165, 1.54) is 21.8 Å². The fraction of sp³-hybridized carbons (Fsp3) is 0.500. The van der Waals surface area contributed by atoms with Crippen molar-refractivity contribution in [2.45, 2.75) is 42.4 Å². The molecule has 2 saturated carbocycles. The molecule has 2 aliphatic carbocycles. The number of fused-ring (bicyclic) bond motifs is 9. The highest BCUT2D eigenvalue weighted by atomic mass is 32.2. The summed E-state index contributed by atoms with van der Waals surface area (Å²) in [5.74, 6) is -1.38. The summed E-state index contributed by atoms with van der Waals surface area (Å²) < 4.78 is 0. The summed E-state index contributed by atoms with van der Waals surface area (Å²) in [5.41, 5.74) is 2.33. The predicted molar refractivity (Wildman–Crippen MR) is 123 cm³/mol. The van der Waals surface area contributed by atoms with Crippen molar-refractivity contribution < 1.29 is 19.5 Å². The van der Waals surface area contributed by atoms with Crippen LogP contribution in [0, 0.1) is 36.5 Å². The molecule has 1 saturated heterocycles. The fourth-order valence-electron chi connectivity index (χ4n) is 6.83. The molecule has 2 bridgehead atoms. The van der Waals surface area contributed by atoms with Crippen molar-refractivity contribution >= 4 is 40.9 Å². The lowest BCUT2D eigenvalue weighted by molar-refractivity contribution is -0.142. The molecule has 0 unspecified atom stereocenters. The van der Waals surface area contributed by atoms with E-state index >= 15 is 0 Å². The normalized spacial score (nSPS) is 33.8. The summed E-state index contributed by atoms with van der Waals surface area (Å²) in [7, 11) is 0. The summed E-state index contributed by atoms with van der Waals surface area (Å²) in [6.45, 7) is 2.23. The number of H-pyrrole nitrogens is 1. The molecular weight excluding hydrogens is 460 g/mol. The number of likely N-dealkylation sites (tertiary alicyclic amines) is 1. The van der Waals surface area contributed by atoms with Crippen LogP contribution in [0.4, 0.5) is 0 Å². The van der Waals surface area contributed by atoms with Crippen molar-refractivity contribution in [1.82, 2.24) is 9.88 Å². The first kappa shape index (κ1) is 21.2. The Morgan fingerprint density at radius 2 is 1.82 bits per heavy atom. The molecule has 1 aromatic carbocycles. The lowest BCUT2D eigenvalue weighted by Crippen LogP contribution is -2.42. The number of carboxylic acid groups (broad SMARTS) is 1. The van der Waals surface area contributed by atoms with Crippen LogP contribution in [-0.4, -0.2) is 44.6 Å². The molecule has 4 aliphatic rings. The summed E-state index contributed by atoms with van der Waals surface area (Å²) in [6.07, 6.45) is 1.09. The number of carbonyl (C=O) groups is 3. The molecule has 2 N–H and O–H groups in total. The number of aromatic amines is 1. The first-order valence-corrected chi connectivity index (χ1v) is 13.1. The maximum Gasteiger partial charge on any atom is 0.305 e.